The molecule has 1 saturated carbocycles. The normalized spacial score (nSPS) is 26.5. The lowest BCUT2D eigenvalue weighted by Gasteiger charge is -2.29. The molecule has 2 atom stereocenters. The molecular formula is C13H24O2. The first kappa shape index (κ1) is 12.7. The van der Waals surface area contributed by atoms with Crippen molar-refractivity contribution in [3.63, 3.8) is 0 Å². The second kappa shape index (κ2) is 7.00. The van der Waals surface area contributed by atoms with Crippen LogP contribution in [-0.2, 0) is 9.53 Å². The van der Waals surface area contributed by atoms with Gasteiger partial charge in [0.05, 0.1) is 6.61 Å². The fourth-order valence-corrected chi connectivity index (χ4v) is 2.62. The van der Waals surface area contributed by atoms with E-state index in [-0.39, 0.29) is 0 Å². The minimum Gasteiger partial charge on any atom is -0.381 e. The molecule has 1 fully saturated rings. The first-order chi connectivity index (χ1) is 7.29. The third kappa shape index (κ3) is 3.94. The number of Topliss-reactive ketones (excluding diaryl/α,β-unsaturated/α-hetero) is 1. The van der Waals surface area contributed by atoms with E-state index >= 15 is 0 Å². The smallest absolute Gasteiger partial charge is 0.138 e. The molecule has 1 aliphatic rings. The van der Waals surface area contributed by atoms with Gasteiger partial charge in [0.2, 0.25) is 0 Å². The second-order valence-electron chi connectivity index (χ2n) is 4.47. The molecule has 0 spiro atoms. The van der Waals surface area contributed by atoms with Crippen molar-refractivity contribution in [1.29, 1.82) is 0 Å². The Hall–Kier alpha value is -0.370. The van der Waals surface area contributed by atoms with Gasteiger partial charge in [-0.05, 0) is 25.7 Å². The molecule has 2 nitrogen and oxygen atoms in total. The highest BCUT2D eigenvalue weighted by atomic mass is 16.5. The number of carbonyl (C=O) groups is 1. The second-order valence-corrected chi connectivity index (χ2v) is 4.47. The van der Waals surface area contributed by atoms with E-state index in [2.05, 4.69) is 6.92 Å². The molecule has 0 saturated heterocycles. The van der Waals surface area contributed by atoms with Crippen molar-refractivity contribution in [2.45, 2.75) is 52.4 Å². The van der Waals surface area contributed by atoms with Crippen LogP contribution in [0.15, 0.2) is 0 Å². The predicted molar refractivity (Wildman–Crippen MR) is 61.9 cm³/mol. The maximum Gasteiger partial charge on any atom is 0.138 e. The molecule has 0 aliphatic heterocycles. The van der Waals surface area contributed by atoms with Crippen LogP contribution in [0.25, 0.3) is 0 Å². The van der Waals surface area contributed by atoms with Gasteiger partial charge in [-0.25, -0.2) is 0 Å². The van der Waals surface area contributed by atoms with E-state index in [4.69, 9.17) is 4.74 Å². The zero-order valence-corrected chi connectivity index (χ0v) is 10.1. The van der Waals surface area contributed by atoms with Gasteiger partial charge in [-0.3, -0.25) is 4.79 Å². The van der Waals surface area contributed by atoms with E-state index in [1.54, 1.807) is 0 Å². The summed E-state index contributed by atoms with van der Waals surface area (Å²) in [5.41, 5.74) is 0. The summed E-state index contributed by atoms with van der Waals surface area (Å²) in [5, 5.41) is 0. The Morgan fingerprint density at radius 2 is 2.00 bits per heavy atom. The molecule has 0 amide bonds. The number of carbonyl (C=O) groups excluding carboxylic acids is 1. The Labute approximate surface area is 93.4 Å². The van der Waals surface area contributed by atoms with Crippen molar-refractivity contribution in [3.8, 4) is 0 Å². The van der Waals surface area contributed by atoms with Gasteiger partial charge in [0.15, 0.2) is 0 Å². The zero-order valence-electron chi connectivity index (χ0n) is 10.1. The van der Waals surface area contributed by atoms with Crippen LogP contribution >= 0.6 is 0 Å². The first-order valence-corrected chi connectivity index (χ1v) is 6.40. The first-order valence-electron chi connectivity index (χ1n) is 6.40. The molecule has 2 unspecified atom stereocenters. The average Bonchev–Trinajstić information content (AvgIpc) is 2.29. The highest BCUT2D eigenvalue weighted by Gasteiger charge is 2.28. The SMILES string of the molecule is CCOCCC(=O)C1CCCCC1CC. The quantitative estimate of drug-likeness (QED) is 0.632. The monoisotopic (exact) mass is 212 g/mol. The fourth-order valence-electron chi connectivity index (χ4n) is 2.62. The summed E-state index contributed by atoms with van der Waals surface area (Å²) in [7, 11) is 0. The molecule has 0 aromatic carbocycles. The van der Waals surface area contributed by atoms with Gasteiger partial charge in [-0.2, -0.15) is 0 Å². The van der Waals surface area contributed by atoms with Crippen LogP contribution in [-0.4, -0.2) is 19.0 Å². The molecule has 1 aliphatic carbocycles. The molecule has 0 heterocycles. The van der Waals surface area contributed by atoms with E-state index in [9.17, 15) is 4.79 Å². The summed E-state index contributed by atoms with van der Waals surface area (Å²) >= 11 is 0. The van der Waals surface area contributed by atoms with Crippen molar-refractivity contribution in [3.05, 3.63) is 0 Å². The molecular weight excluding hydrogens is 188 g/mol. The third-order valence-electron chi connectivity index (χ3n) is 3.54. The summed E-state index contributed by atoms with van der Waals surface area (Å²) < 4.78 is 5.24. The summed E-state index contributed by atoms with van der Waals surface area (Å²) in [6, 6.07) is 0. The predicted octanol–water partition coefficient (Wildman–Crippen LogP) is 3.20. The molecule has 2 heteroatoms. The van der Waals surface area contributed by atoms with Gasteiger partial charge in [-0.1, -0.05) is 26.2 Å². The highest BCUT2D eigenvalue weighted by molar-refractivity contribution is 5.81. The summed E-state index contributed by atoms with van der Waals surface area (Å²) in [5.74, 6) is 1.42. The minimum absolute atomic E-state index is 0.337. The van der Waals surface area contributed by atoms with Crippen molar-refractivity contribution in [2.75, 3.05) is 13.2 Å². The van der Waals surface area contributed by atoms with Crippen LogP contribution < -0.4 is 0 Å². The van der Waals surface area contributed by atoms with Gasteiger partial charge < -0.3 is 4.74 Å². The molecule has 0 N–H and O–H groups in total. The Balaban J connectivity index is 2.34. The Morgan fingerprint density at radius 1 is 1.27 bits per heavy atom. The molecule has 0 radical (unpaired) electrons. The molecule has 0 aromatic rings. The van der Waals surface area contributed by atoms with Crippen LogP contribution in [0.5, 0.6) is 0 Å². The highest BCUT2D eigenvalue weighted by Crippen LogP contribution is 2.33. The summed E-state index contributed by atoms with van der Waals surface area (Å²) in [4.78, 5) is 12.0. The van der Waals surface area contributed by atoms with Gasteiger partial charge >= 0.3 is 0 Å². The number of hydrogen-bond acceptors (Lipinski definition) is 2. The van der Waals surface area contributed by atoms with Crippen LogP contribution in [0.2, 0.25) is 0 Å². The van der Waals surface area contributed by atoms with Crippen molar-refractivity contribution in [2.24, 2.45) is 11.8 Å². The van der Waals surface area contributed by atoms with Crippen molar-refractivity contribution >= 4 is 5.78 Å². The standard InChI is InChI=1S/C13H24O2/c1-3-11-7-5-6-8-12(11)13(14)9-10-15-4-2/h11-12H,3-10H2,1-2H3. The average molecular weight is 212 g/mol. The van der Waals surface area contributed by atoms with E-state index in [1.807, 2.05) is 6.92 Å². The van der Waals surface area contributed by atoms with Crippen LogP contribution in [0.4, 0.5) is 0 Å². The summed E-state index contributed by atoms with van der Waals surface area (Å²) in [6.45, 7) is 5.51. The van der Waals surface area contributed by atoms with Crippen LogP contribution in [0, 0.1) is 11.8 Å². The topological polar surface area (TPSA) is 26.3 Å². The Bertz CT molecular complexity index is 189. The van der Waals surface area contributed by atoms with Crippen LogP contribution in [0.1, 0.15) is 52.4 Å². The number of rotatable bonds is 6. The van der Waals surface area contributed by atoms with E-state index in [0.717, 1.165) is 19.4 Å². The maximum absolute atomic E-state index is 12.0. The largest absolute Gasteiger partial charge is 0.381 e. The van der Waals surface area contributed by atoms with Gasteiger partial charge in [-0.15, -0.1) is 0 Å². The van der Waals surface area contributed by atoms with E-state index in [0.29, 0.717) is 30.6 Å². The Kier molecular flexibility index (Phi) is 5.92. The number of hydrogen-bond donors (Lipinski definition) is 0. The Morgan fingerprint density at radius 3 is 2.67 bits per heavy atom. The lowest BCUT2D eigenvalue weighted by Crippen LogP contribution is -2.27. The lowest BCUT2D eigenvalue weighted by molar-refractivity contribution is -0.126. The molecule has 1 rings (SSSR count). The van der Waals surface area contributed by atoms with E-state index in [1.165, 1.54) is 19.3 Å². The zero-order chi connectivity index (χ0) is 11.1. The molecule has 15 heavy (non-hydrogen) atoms. The van der Waals surface area contributed by atoms with Crippen molar-refractivity contribution in [1.82, 2.24) is 0 Å². The molecule has 0 aromatic heterocycles. The van der Waals surface area contributed by atoms with E-state index < -0.39 is 0 Å². The fraction of sp³-hybridized carbons (Fsp3) is 0.923. The number of ether oxygens (including phenoxy) is 1. The third-order valence-corrected chi connectivity index (χ3v) is 3.54. The minimum atomic E-state index is 0.337. The van der Waals surface area contributed by atoms with Gasteiger partial charge in [0.25, 0.3) is 0 Å². The maximum atomic E-state index is 12.0. The number of ketones is 1. The molecule has 88 valence electrons. The summed E-state index contributed by atoms with van der Waals surface area (Å²) in [6.07, 6.45) is 6.69. The van der Waals surface area contributed by atoms with Gasteiger partial charge in [0.1, 0.15) is 5.78 Å². The van der Waals surface area contributed by atoms with Crippen LogP contribution in [0.3, 0.4) is 0 Å². The molecule has 0 bridgehead atoms. The van der Waals surface area contributed by atoms with Crippen molar-refractivity contribution < 1.29 is 9.53 Å². The van der Waals surface area contributed by atoms with Gasteiger partial charge in [0, 0.05) is 18.9 Å². The lowest BCUT2D eigenvalue weighted by atomic mass is 9.75.